The average molecular weight is 341 g/mol. The van der Waals surface area contributed by atoms with Crippen LogP contribution in [0, 0.1) is 0 Å². The van der Waals surface area contributed by atoms with E-state index in [1.165, 1.54) is 4.90 Å². The predicted octanol–water partition coefficient (Wildman–Crippen LogP) is 0.348. The number of halogens is 1. The van der Waals surface area contributed by atoms with Crippen molar-refractivity contribution in [2.75, 3.05) is 39.8 Å². The molecule has 2 amide bonds. The molecule has 0 aromatic carbocycles. The van der Waals surface area contributed by atoms with Crippen molar-refractivity contribution in [3.63, 3.8) is 0 Å². The molecule has 1 saturated heterocycles. The van der Waals surface area contributed by atoms with Crippen LogP contribution in [-0.2, 0) is 4.79 Å². The van der Waals surface area contributed by atoms with Gasteiger partial charge in [0.2, 0.25) is 5.91 Å². The van der Waals surface area contributed by atoms with Gasteiger partial charge in [0.1, 0.15) is 5.69 Å². The van der Waals surface area contributed by atoms with Gasteiger partial charge in [-0.15, -0.1) is 0 Å². The molecule has 2 heterocycles. The van der Waals surface area contributed by atoms with Gasteiger partial charge in [-0.2, -0.15) is 0 Å². The maximum Gasteiger partial charge on any atom is 0.272 e. The lowest BCUT2D eigenvalue weighted by Gasteiger charge is -2.29. The van der Waals surface area contributed by atoms with Crippen molar-refractivity contribution >= 4 is 27.7 Å². The van der Waals surface area contributed by atoms with Crippen LogP contribution < -0.4 is 5.32 Å². The number of piperazine rings is 1. The molecule has 0 saturated carbocycles. The summed E-state index contributed by atoms with van der Waals surface area (Å²) < 4.78 is 0.814. The van der Waals surface area contributed by atoms with Crippen LogP contribution in [0.5, 0.6) is 0 Å². The zero-order valence-electron chi connectivity index (χ0n) is 11.3. The average Bonchev–Trinajstić information content (AvgIpc) is 2.48. The Morgan fingerprint density at radius 3 is 2.70 bits per heavy atom. The Morgan fingerprint density at radius 1 is 1.40 bits per heavy atom. The fourth-order valence-electron chi connectivity index (χ4n) is 1.99. The normalized spacial score (nSPS) is 15.0. The van der Waals surface area contributed by atoms with E-state index in [4.69, 9.17) is 0 Å². The highest BCUT2D eigenvalue weighted by Gasteiger charge is 2.21. The molecular formula is C13H17BrN4O2. The van der Waals surface area contributed by atoms with Crippen LogP contribution in [0.4, 0.5) is 0 Å². The van der Waals surface area contributed by atoms with Gasteiger partial charge in [0.15, 0.2) is 0 Å². The molecule has 0 atom stereocenters. The van der Waals surface area contributed by atoms with E-state index in [1.54, 1.807) is 30.3 Å². The zero-order valence-corrected chi connectivity index (χ0v) is 12.9. The van der Waals surface area contributed by atoms with E-state index in [2.05, 4.69) is 26.2 Å². The molecule has 1 aromatic heterocycles. The number of nitrogens with one attached hydrogen (secondary N) is 1. The first-order chi connectivity index (χ1) is 9.58. The van der Waals surface area contributed by atoms with Gasteiger partial charge in [0.05, 0.1) is 6.54 Å². The van der Waals surface area contributed by atoms with Gasteiger partial charge in [0.25, 0.3) is 5.91 Å². The molecule has 1 fully saturated rings. The van der Waals surface area contributed by atoms with E-state index in [0.717, 1.165) is 17.6 Å². The summed E-state index contributed by atoms with van der Waals surface area (Å²) in [6.45, 7) is 3.07. The van der Waals surface area contributed by atoms with E-state index in [1.807, 2.05) is 0 Å². The zero-order chi connectivity index (χ0) is 14.5. The SMILES string of the molecule is CN(CC(=O)N1CCNCC1)C(=O)c1ccc(Br)cn1. The largest absolute Gasteiger partial charge is 0.339 e. The maximum atomic E-state index is 12.1. The highest BCUT2D eigenvalue weighted by atomic mass is 79.9. The first kappa shape index (κ1) is 14.9. The summed E-state index contributed by atoms with van der Waals surface area (Å²) >= 11 is 3.27. The minimum atomic E-state index is -0.249. The van der Waals surface area contributed by atoms with Crippen LogP contribution in [0.25, 0.3) is 0 Å². The predicted molar refractivity (Wildman–Crippen MR) is 78.3 cm³/mol. The van der Waals surface area contributed by atoms with E-state index in [0.29, 0.717) is 18.8 Å². The highest BCUT2D eigenvalue weighted by Crippen LogP contribution is 2.09. The minimum Gasteiger partial charge on any atom is -0.339 e. The number of likely N-dealkylation sites (N-methyl/N-ethyl adjacent to an activating group) is 1. The second kappa shape index (κ2) is 6.81. The van der Waals surface area contributed by atoms with Crippen molar-refractivity contribution in [2.24, 2.45) is 0 Å². The Kier molecular flexibility index (Phi) is 5.08. The third kappa shape index (κ3) is 3.77. The number of carbonyl (C=O) groups is 2. The van der Waals surface area contributed by atoms with E-state index >= 15 is 0 Å². The number of nitrogens with zero attached hydrogens (tertiary/aromatic N) is 3. The Bertz CT molecular complexity index is 486. The molecule has 2 rings (SSSR count). The third-order valence-electron chi connectivity index (χ3n) is 3.14. The Hall–Kier alpha value is -1.47. The molecule has 6 nitrogen and oxygen atoms in total. The highest BCUT2D eigenvalue weighted by molar-refractivity contribution is 9.10. The molecule has 1 aromatic rings. The van der Waals surface area contributed by atoms with Gasteiger partial charge in [-0.3, -0.25) is 9.59 Å². The Labute approximate surface area is 126 Å². The van der Waals surface area contributed by atoms with Gasteiger partial charge in [-0.1, -0.05) is 0 Å². The molecular weight excluding hydrogens is 324 g/mol. The second-order valence-corrected chi connectivity index (χ2v) is 5.57. The second-order valence-electron chi connectivity index (χ2n) is 4.65. The molecule has 1 aliphatic rings. The number of hydrogen-bond acceptors (Lipinski definition) is 4. The van der Waals surface area contributed by atoms with E-state index < -0.39 is 0 Å². The van der Waals surface area contributed by atoms with Gasteiger partial charge < -0.3 is 15.1 Å². The number of pyridine rings is 1. The summed E-state index contributed by atoms with van der Waals surface area (Å²) in [4.78, 5) is 31.4. The molecule has 0 unspecified atom stereocenters. The number of hydrogen-bond donors (Lipinski definition) is 1. The Morgan fingerprint density at radius 2 is 2.10 bits per heavy atom. The number of carbonyl (C=O) groups excluding carboxylic acids is 2. The van der Waals surface area contributed by atoms with Crippen LogP contribution in [0.2, 0.25) is 0 Å². The lowest BCUT2D eigenvalue weighted by molar-refractivity contribution is -0.132. The number of rotatable bonds is 3. The van der Waals surface area contributed by atoms with Crippen molar-refractivity contribution in [1.82, 2.24) is 20.1 Å². The van der Waals surface area contributed by atoms with Crippen LogP contribution >= 0.6 is 15.9 Å². The van der Waals surface area contributed by atoms with Gasteiger partial charge >= 0.3 is 0 Å². The van der Waals surface area contributed by atoms with Gasteiger partial charge in [0, 0.05) is 43.9 Å². The fourth-order valence-corrected chi connectivity index (χ4v) is 2.22. The summed E-state index contributed by atoms with van der Waals surface area (Å²) in [6, 6.07) is 3.39. The van der Waals surface area contributed by atoms with Gasteiger partial charge in [-0.05, 0) is 28.1 Å². The standard InChI is InChI=1S/C13H17BrN4O2/c1-17(9-12(19)18-6-4-15-5-7-18)13(20)11-3-2-10(14)8-16-11/h2-3,8,15H,4-7,9H2,1H3. The summed E-state index contributed by atoms with van der Waals surface area (Å²) in [7, 11) is 1.62. The summed E-state index contributed by atoms with van der Waals surface area (Å²) in [6.07, 6.45) is 1.57. The van der Waals surface area contributed by atoms with Crippen LogP contribution in [0.1, 0.15) is 10.5 Å². The van der Waals surface area contributed by atoms with Crippen molar-refractivity contribution in [3.8, 4) is 0 Å². The summed E-state index contributed by atoms with van der Waals surface area (Å²) in [5.41, 5.74) is 0.337. The maximum absolute atomic E-state index is 12.1. The first-order valence-corrected chi connectivity index (χ1v) is 7.23. The fraction of sp³-hybridized carbons (Fsp3) is 0.462. The molecule has 7 heteroatoms. The van der Waals surface area contributed by atoms with Gasteiger partial charge in [-0.25, -0.2) is 4.98 Å². The minimum absolute atomic E-state index is 0.0283. The molecule has 0 bridgehead atoms. The topological polar surface area (TPSA) is 65.5 Å². The van der Waals surface area contributed by atoms with Crippen molar-refractivity contribution < 1.29 is 9.59 Å². The third-order valence-corrected chi connectivity index (χ3v) is 3.60. The number of amides is 2. The number of aromatic nitrogens is 1. The van der Waals surface area contributed by atoms with Crippen LogP contribution in [0.3, 0.4) is 0 Å². The molecule has 20 heavy (non-hydrogen) atoms. The first-order valence-electron chi connectivity index (χ1n) is 6.43. The van der Waals surface area contributed by atoms with Crippen molar-refractivity contribution in [1.29, 1.82) is 0 Å². The van der Waals surface area contributed by atoms with Crippen molar-refractivity contribution in [3.05, 3.63) is 28.5 Å². The molecule has 0 aliphatic carbocycles. The lowest BCUT2D eigenvalue weighted by Crippen LogP contribution is -2.49. The smallest absolute Gasteiger partial charge is 0.272 e. The molecule has 0 radical (unpaired) electrons. The van der Waals surface area contributed by atoms with Crippen LogP contribution in [-0.4, -0.2) is 66.4 Å². The van der Waals surface area contributed by atoms with Crippen LogP contribution in [0.15, 0.2) is 22.8 Å². The molecule has 108 valence electrons. The summed E-state index contributed by atoms with van der Waals surface area (Å²) in [5, 5.41) is 3.19. The monoisotopic (exact) mass is 340 g/mol. The van der Waals surface area contributed by atoms with Crippen molar-refractivity contribution in [2.45, 2.75) is 0 Å². The molecule has 0 spiro atoms. The molecule has 1 N–H and O–H groups in total. The quantitative estimate of drug-likeness (QED) is 0.862. The Balaban J connectivity index is 1.93. The van der Waals surface area contributed by atoms with E-state index in [9.17, 15) is 9.59 Å². The van der Waals surface area contributed by atoms with E-state index in [-0.39, 0.29) is 18.4 Å². The lowest BCUT2D eigenvalue weighted by atomic mass is 10.3. The summed E-state index contributed by atoms with van der Waals surface area (Å²) in [5.74, 6) is -0.277. The molecule has 1 aliphatic heterocycles.